The number of rotatable bonds is 4. The molecule has 0 saturated heterocycles. The van der Waals surface area contributed by atoms with Crippen LogP contribution in [0.3, 0.4) is 0 Å². The van der Waals surface area contributed by atoms with Gasteiger partial charge in [-0.1, -0.05) is 6.42 Å². The first-order valence-electron chi connectivity index (χ1n) is 4.66. The quantitative estimate of drug-likeness (QED) is 0.700. The largest absolute Gasteiger partial charge is 0.330 e. The van der Waals surface area contributed by atoms with Crippen molar-refractivity contribution in [1.82, 2.24) is 0 Å². The number of hydrogen-bond donors (Lipinski definition) is 1. The Morgan fingerprint density at radius 1 is 1.36 bits per heavy atom. The molecule has 2 aliphatic carbocycles. The summed E-state index contributed by atoms with van der Waals surface area (Å²) < 4.78 is 0. The maximum atomic E-state index is 5.70. The summed E-state index contributed by atoms with van der Waals surface area (Å²) in [4.78, 5) is 0. The Morgan fingerprint density at radius 3 is 2.45 bits per heavy atom. The molecule has 0 aromatic heterocycles. The predicted octanol–water partition coefficient (Wildman–Crippen LogP) is 2.01. The zero-order valence-electron chi connectivity index (χ0n) is 7.01. The summed E-state index contributed by atoms with van der Waals surface area (Å²) in [7, 11) is 0. The van der Waals surface area contributed by atoms with E-state index in [1.165, 1.54) is 37.9 Å². The smallest absolute Gasteiger partial charge is 0.00472 e. The molecule has 0 aliphatic heterocycles. The highest BCUT2D eigenvalue weighted by molar-refractivity contribution is 8.00. The Hall–Kier alpha value is 0.310. The highest BCUT2D eigenvalue weighted by Crippen LogP contribution is 2.49. The van der Waals surface area contributed by atoms with Gasteiger partial charge in [0, 0.05) is 11.0 Å². The standard InChI is InChI=1S/C9H17NS/c10-6-9(4-5-9)7-11-8-2-1-3-8/h8H,1-7,10H2. The van der Waals surface area contributed by atoms with Gasteiger partial charge in [0.1, 0.15) is 0 Å². The Bertz CT molecular complexity index is 138. The van der Waals surface area contributed by atoms with E-state index >= 15 is 0 Å². The Kier molecular flexibility index (Phi) is 2.15. The molecule has 0 radical (unpaired) electrons. The number of thioether (sulfide) groups is 1. The maximum absolute atomic E-state index is 5.70. The van der Waals surface area contributed by atoms with Crippen LogP contribution in [0.5, 0.6) is 0 Å². The van der Waals surface area contributed by atoms with E-state index in [2.05, 4.69) is 11.8 Å². The zero-order valence-corrected chi connectivity index (χ0v) is 7.83. The Labute approximate surface area is 73.1 Å². The van der Waals surface area contributed by atoms with E-state index < -0.39 is 0 Å². The van der Waals surface area contributed by atoms with Gasteiger partial charge in [-0.3, -0.25) is 0 Å². The predicted molar refractivity (Wildman–Crippen MR) is 50.8 cm³/mol. The van der Waals surface area contributed by atoms with Crippen LogP contribution in [0.4, 0.5) is 0 Å². The van der Waals surface area contributed by atoms with Crippen molar-refractivity contribution in [1.29, 1.82) is 0 Å². The molecule has 0 spiro atoms. The van der Waals surface area contributed by atoms with Gasteiger partial charge in [0.15, 0.2) is 0 Å². The van der Waals surface area contributed by atoms with Crippen LogP contribution in [0.25, 0.3) is 0 Å². The van der Waals surface area contributed by atoms with Gasteiger partial charge in [0.05, 0.1) is 0 Å². The first-order valence-corrected chi connectivity index (χ1v) is 5.71. The normalized spacial score (nSPS) is 28.1. The van der Waals surface area contributed by atoms with Crippen molar-refractivity contribution in [2.24, 2.45) is 11.1 Å². The van der Waals surface area contributed by atoms with Crippen molar-refractivity contribution in [3.63, 3.8) is 0 Å². The summed E-state index contributed by atoms with van der Waals surface area (Å²) in [6.45, 7) is 0.923. The van der Waals surface area contributed by atoms with Crippen molar-refractivity contribution in [2.75, 3.05) is 12.3 Å². The molecule has 0 atom stereocenters. The van der Waals surface area contributed by atoms with Crippen LogP contribution in [0.2, 0.25) is 0 Å². The van der Waals surface area contributed by atoms with Gasteiger partial charge in [-0.25, -0.2) is 0 Å². The second-order valence-corrected chi connectivity index (χ2v) is 5.36. The van der Waals surface area contributed by atoms with Crippen LogP contribution < -0.4 is 5.73 Å². The summed E-state index contributed by atoms with van der Waals surface area (Å²) >= 11 is 2.18. The average molecular weight is 171 g/mol. The minimum Gasteiger partial charge on any atom is -0.330 e. The average Bonchev–Trinajstić information content (AvgIpc) is 2.66. The fourth-order valence-corrected chi connectivity index (χ4v) is 3.08. The van der Waals surface area contributed by atoms with Gasteiger partial charge in [0.2, 0.25) is 0 Å². The van der Waals surface area contributed by atoms with Crippen molar-refractivity contribution in [2.45, 2.75) is 37.4 Å². The SMILES string of the molecule is NCC1(CSC2CCC2)CC1. The van der Waals surface area contributed by atoms with Crippen LogP contribution in [0, 0.1) is 5.41 Å². The Balaban J connectivity index is 1.65. The highest BCUT2D eigenvalue weighted by atomic mass is 32.2. The van der Waals surface area contributed by atoms with Gasteiger partial charge in [0.25, 0.3) is 0 Å². The molecule has 2 rings (SSSR count). The van der Waals surface area contributed by atoms with Gasteiger partial charge >= 0.3 is 0 Å². The van der Waals surface area contributed by atoms with Crippen molar-refractivity contribution in [3.05, 3.63) is 0 Å². The molecular weight excluding hydrogens is 154 g/mol. The highest BCUT2D eigenvalue weighted by Gasteiger charge is 2.41. The lowest BCUT2D eigenvalue weighted by Crippen LogP contribution is -2.21. The van der Waals surface area contributed by atoms with Crippen molar-refractivity contribution in [3.8, 4) is 0 Å². The lowest BCUT2D eigenvalue weighted by molar-refractivity contribution is 0.517. The maximum Gasteiger partial charge on any atom is 0.00472 e. The number of hydrogen-bond acceptors (Lipinski definition) is 2. The third-order valence-corrected chi connectivity index (χ3v) is 4.79. The van der Waals surface area contributed by atoms with Crippen LogP contribution in [0.15, 0.2) is 0 Å². The molecule has 2 aliphatic rings. The molecule has 11 heavy (non-hydrogen) atoms. The first-order chi connectivity index (χ1) is 5.35. The minimum absolute atomic E-state index is 0.597. The summed E-state index contributed by atoms with van der Waals surface area (Å²) in [6, 6.07) is 0. The van der Waals surface area contributed by atoms with Crippen LogP contribution in [0.1, 0.15) is 32.1 Å². The molecule has 0 unspecified atom stereocenters. The molecule has 0 bridgehead atoms. The molecule has 2 heteroatoms. The van der Waals surface area contributed by atoms with Gasteiger partial charge in [-0.15, -0.1) is 0 Å². The second-order valence-electron chi connectivity index (χ2n) is 4.07. The lowest BCUT2D eigenvalue weighted by atomic mass is 10.00. The summed E-state index contributed by atoms with van der Waals surface area (Å²) in [6.07, 6.45) is 7.18. The molecule has 64 valence electrons. The number of nitrogens with two attached hydrogens (primary N) is 1. The molecular formula is C9H17NS. The van der Waals surface area contributed by atoms with Crippen LogP contribution >= 0.6 is 11.8 Å². The van der Waals surface area contributed by atoms with Gasteiger partial charge in [-0.05, 0) is 37.6 Å². The van der Waals surface area contributed by atoms with Crippen LogP contribution in [-0.4, -0.2) is 17.5 Å². The van der Waals surface area contributed by atoms with E-state index in [9.17, 15) is 0 Å². The molecule has 0 aromatic rings. The summed E-state index contributed by atoms with van der Waals surface area (Å²) in [5.41, 5.74) is 6.30. The van der Waals surface area contributed by atoms with E-state index in [0.29, 0.717) is 5.41 Å². The third kappa shape index (κ3) is 1.73. The molecule has 0 aromatic carbocycles. The fourth-order valence-electron chi connectivity index (χ4n) is 1.42. The van der Waals surface area contributed by atoms with E-state index in [-0.39, 0.29) is 0 Å². The first kappa shape index (κ1) is 7.93. The third-order valence-electron chi connectivity index (χ3n) is 3.07. The lowest BCUT2D eigenvalue weighted by Gasteiger charge is -2.26. The topological polar surface area (TPSA) is 26.0 Å². The summed E-state index contributed by atoms with van der Waals surface area (Å²) in [5.74, 6) is 1.34. The fraction of sp³-hybridized carbons (Fsp3) is 1.00. The summed E-state index contributed by atoms with van der Waals surface area (Å²) in [5, 5.41) is 0.999. The minimum atomic E-state index is 0.597. The van der Waals surface area contributed by atoms with Gasteiger partial charge < -0.3 is 5.73 Å². The second kappa shape index (κ2) is 2.98. The molecule has 0 heterocycles. The van der Waals surface area contributed by atoms with Crippen molar-refractivity contribution < 1.29 is 0 Å². The van der Waals surface area contributed by atoms with Crippen molar-refractivity contribution >= 4 is 11.8 Å². The molecule has 2 fully saturated rings. The Morgan fingerprint density at radius 2 is 2.09 bits per heavy atom. The zero-order chi connectivity index (χ0) is 7.73. The van der Waals surface area contributed by atoms with Crippen LogP contribution in [-0.2, 0) is 0 Å². The van der Waals surface area contributed by atoms with E-state index in [4.69, 9.17) is 5.73 Å². The molecule has 2 N–H and O–H groups in total. The van der Waals surface area contributed by atoms with E-state index in [1.807, 2.05) is 0 Å². The molecule has 0 amide bonds. The van der Waals surface area contributed by atoms with E-state index in [1.54, 1.807) is 0 Å². The van der Waals surface area contributed by atoms with E-state index in [0.717, 1.165) is 11.8 Å². The molecule has 2 saturated carbocycles. The molecule has 1 nitrogen and oxygen atoms in total. The van der Waals surface area contributed by atoms with Gasteiger partial charge in [-0.2, -0.15) is 11.8 Å². The monoisotopic (exact) mass is 171 g/mol.